The van der Waals surface area contributed by atoms with E-state index in [9.17, 15) is 9.59 Å². The summed E-state index contributed by atoms with van der Waals surface area (Å²) in [6.45, 7) is 13.0. The van der Waals surface area contributed by atoms with Gasteiger partial charge < -0.3 is 10.1 Å². The Morgan fingerprint density at radius 2 is 1.93 bits per heavy atom. The highest BCUT2D eigenvalue weighted by Crippen LogP contribution is 2.33. The van der Waals surface area contributed by atoms with Crippen LogP contribution in [0.5, 0.6) is 0 Å². The van der Waals surface area contributed by atoms with Crippen molar-refractivity contribution >= 4 is 12.0 Å². The Bertz CT molecular complexity index is 807. The molecule has 0 spiro atoms. The summed E-state index contributed by atoms with van der Waals surface area (Å²) in [6.07, 6.45) is 3.93. The van der Waals surface area contributed by atoms with Crippen molar-refractivity contribution in [2.45, 2.75) is 39.7 Å². The predicted molar refractivity (Wildman–Crippen MR) is 118 cm³/mol. The molecule has 30 heavy (non-hydrogen) atoms. The van der Waals surface area contributed by atoms with E-state index in [1.807, 2.05) is 31.2 Å². The van der Waals surface area contributed by atoms with Crippen LogP contribution >= 0.6 is 0 Å². The Labute approximate surface area is 179 Å². The largest absolute Gasteiger partial charge is 0.463 e. The van der Waals surface area contributed by atoms with Crippen molar-refractivity contribution in [3.8, 4) is 0 Å². The van der Waals surface area contributed by atoms with E-state index < -0.39 is 6.04 Å². The van der Waals surface area contributed by atoms with Crippen LogP contribution in [-0.2, 0) is 9.53 Å². The first kappa shape index (κ1) is 22.1. The van der Waals surface area contributed by atoms with E-state index in [4.69, 9.17) is 4.74 Å². The van der Waals surface area contributed by atoms with Crippen LogP contribution < -0.4 is 5.32 Å². The quantitative estimate of drug-likeness (QED) is 0.548. The van der Waals surface area contributed by atoms with Gasteiger partial charge in [-0.25, -0.2) is 9.59 Å². The van der Waals surface area contributed by atoms with Crippen LogP contribution in [0, 0.1) is 12.8 Å². The number of likely N-dealkylation sites (tertiary alicyclic amines) is 1. The smallest absolute Gasteiger partial charge is 0.338 e. The predicted octanol–water partition coefficient (Wildman–Crippen LogP) is 3.80. The number of ether oxygens (including phenoxy) is 1. The van der Waals surface area contributed by atoms with E-state index in [-0.39, 0.29) is 18.6 Å². The van der Waals surface area contributed by atoms with Crippen LogP contribution in [0.1, 0.15) is 43.9 Å². The van der Waals surface area contributed by atoms with E-state index in [0.717, 1.165) is 42.8 Å². The second kappa shape index (κ2) is 9.94. The number of nitrogens with zero attached hydrogens (tertiary/aromatic N) is 2. The number of amides is 2. The molecule has 0 aromatic heterocycles. The van der Waals surface area contributed by atoms with Crippen LogP contribution in [0.3, 0.4) is 0 Å². The molecule has 1 fully saturated rings. The molecule has 0 unspecified atom stereocenters. The maximum atomic E-state index is 13.1. The van der Waals surface area contributed by atoms with Crippen LogP contribution in [0.15, 0.2) is 48.2 Å². The summed E-state index contributed by atoms with van der Waals surface area (Å²) in [4.78, 5) is 30.1. The van der Waals surface area contributed by atoms with Crippen molar-refractivity contribution in [3.05, 3.63) is 59.3 Å². The number of rotatable bonds is 7. The maximum Gasteiger partial charge on any atom is 0.338 e. The summed E-state index contributed by atoms with van der Waals surface area (Å²) in [6, 6.07) is 7.16. The number of hydrogen-bond donors (Lipinski definition) is 1. The van der Waals surface area contributed by atoms with E-state index in [1.165, 1.54) is 0 Å². The number of carbonyl (C=O) groups excluding carboxylic acids is 2. The van der Waals surface area contributed by atoms with Gasteiger partial charge >= 0.3 is 12.0 Å². The fourth-order valence-electron chi connectivity index (χ4n) is 4.09. The Morgan fingerprint density at radius 3 is 2.53 bits per heavy atom. The van der Waals surface area contributed by atoms with E-state index >= 15 is 0 Å². The molecule has 0 aliphatic carbocycles. The number of carbonyl (C=O) groups is 2. The molecule has 1 aromatic rings. The van der Waals surface area contributed by atoms with Gasteiger partial charge in [-0.1, -0.05) is 42.8 Å². The number of aryl methyl sites for hydroxylation is 1. The average molecular weight is 412 g/mol. The lowest BCUT2D eigenvalue weighted by molar-refractivity contribution is -0.139. The van der Waals surface area contributed by atoms with Gasteiger partial charge in [-0.2, -0.15) is 0 Å². The summed E-state index contributed by atoms with van der Waals surface area (Å²) in [7, 11) is 0. The normalized spacial score (nSPS) is 20.8. The van der Waals surface area contributed by atoms with Crippen LogP contribution in [0.25, 0.3) is 0 Å². The number of piperidine rings is 1. The number of nitrogens with one attached hydrogen (secondary N) is 1. The average Bonchev–Trinajstić information content (AvgIpc) is 2.72. The summed E-state index contributed by atoms with van der Waals surface area (Å²) in [5, 5.41) is 3.01. The molecule has 1 aromatic carbocycles. The fraction of sp³-hybridized carbons (Fsp3) is 0.500. The second-order valence-corrected chi connectivity index (χ2v) is 8.23. The Morgan fingerprint density at radius 1 is 1.27 bits per heavy atom. The molecule has 162 valence electrons. The highest BCUT2D eigenvalue weighted by Gasteiger charge is 2.38. The Hall–Kier alpha value is -2.60. The molecule has 1 saturated heterocycles. The molecular weight excluding hydrogens is 378 g/mol. The van der Waals surface area contributed by atoms with Gasteiger partial charge in [0.2, 0.25) is 0 Å². The first-order valence-corrected chi connectivity index (χ1v) is 10.8. The third-order valence-electron chi connectivity index (χ3n) is 5.91. The zero-order valence-electron chi connectivity index (χ0n) is 18.3. The topological polar surface area (TPSA) is 61.9 Å². The van der Waals surface area contributed by atoms with Gasteiger partial charge in [-0.3, -0.25) is 9.80 Å². The molecule has 6 heteroatoms. The third kappa shape index (κ3) is 4.93. The van der Waals surface area contributed by atoms with Crippen molar-refractivity contribution in [2.75, 3.05) is 32.8 Å². The zero-order valence-corrected chi connectivity index (χ0v) is 18.3. The second-order valence-electron chi connectivity index (χ2n) is 8.23. The van der Waals surface area contributed by atoms with Crippen molar-refractivity contribution < 1.29 is 14.3 Å². The SMILES string of the molecule is C=CCN1C(=O)N[C@H](c2ccc(C)cc2)C(C(=O)OCC)=C1CN1CCC(C)CC1. The van der Waals surface area contributed by atoms with Crippen molar-refractivity contribution in [3.63, 3.8) is 0 Å². The fourth-order valence-corrected chi connectivity index (χ4v) is 4.09. The van der Waals surface area contributed by atoms with Crippen molar-refractivity contribution in [2.24, 2.45) is 5.92 Å². The monoisotopic (exact) mass is 411 g/mol. The molecule has 2 aliphatic rings. The van der Waals surface area contributed by atoms with E-state index in [0.29, 0.717) is 24.6 Å². The molecule has 2 heterocycles. The highest BCUT2D eigenvalue weighted by atomic mass is 16.5. The Balaban J connectivity index is 2.06. The van der Waals surface area contributed by atoms with E-state index in [1.54, 1.807) is 17.9 Å². The summed E-state index contributed by atoms with van der Waals surface area (Å²) >= 11 is 0. The first-order chi connectivity index (χ1) is 14.4. The van der Waals surface area contributed by atoms with Crippen LogP contribution in [0.2, 0.25) is 0 Å². The number of benzene rings is 1. The Kier molecular flexibility index (Phi) is 7.32. The van der Waals surface area contributed by atoms with Gasteiger partial charge in [0.05, 0.1) is 18.2 Å². The number of esters is 1. The molecule has 0 radical (unpaired) electrons. The lowest BCUT2D eigenvalue weighted by atomic mass is 9.93. The van der Waals surface area contributed by atoms with Gasteiger partial charge in [0.1, 0.15) is 0 Å². The molecule has 3 rings (SSSR count). The summed E-state index contributed by atoms with van der Waals surface area (Å²) in [5.74, 6) is 0.330. The third-order valence-corrected chi connectivity index (χ3v) is 5.91. The van der Waals surface area contributed by atoms with Gasteiger partial charge in [0.25, 0.3) is 0 Å². The molecule has 1 N–H and O–H groups in total. The lowest BCUT2D eigenvalue weighted by Crippen LogP contribution is -2.51. The van der Waals surface area contributed by atoms with Crippen molar-refractivity contribution in [1.82, 2.24) is 15.1 Å². The minimum absolute atomic E-state index is 0.214. The molecule has 1 atom stereocenters. The molecule has 2 amide bonds. The minimum atomic E-state index is -0.531. The summed E-state index contributed by atoms with van der Waals surface area (Å²) < 4.78 is 5.44. The lowest BCUT2D eigenvalue weighted by Gasteiger charge is -2.39. The van der Waals surface area contributed by atoms with E-state index in [2.05, 4.69) is 23.7 Å². The standard InChI is InChI=1S/C24H33N3O3/c1-5-13-27-20(16-26-14-11-18(4)12-15-26)21(23(28)30-6-2)22(25-24(27)29)19-9-7-17(3)8-10-19/h5,7-10,18,22H,1,6,11-16H2,2-4H3,(H,25,29)/t22-/m1/s1. The highest BCUT2D eigenvalue weighted by molar-refractivity contribution is 5.95. The van der Waals surface area contributed by atoms with Crippen LogP contribution in [-0.4, -0.2) is 54.6 Å². The van der Waals surface area contributed by atoms with Gasteiger partial charge in [-0.15, -0.1) is 6.58 Å². The maximum absolute atomic E-state index is 13.1. The van der Waals surface area contributed by atoms with Gasteiger partial charge in [0.15, 0.2) is 0 Å². The first-order valence-electron chi connectivity index (χ1n) is 10.8. The van der Waals surface area contributed by atoms with Crippen molar-refractivity contribution in [1.29, 1.82) is 0 Å². The zero-order chi connectivity index (χ0) is 21.7. The summed E-state index contributed by atoms with van der Waals surface area (Å²) in [5.41, 5.74) is 3.23. The number of hydrogen-bond acceptors (Lipinski definition) is 4. The van der Waals surface area contributed by atoms with Gasteiger partial charge in [0, 0.05) is 18.8 Å². The molecule has 0 saturated carbocycles. The van der Waals surface area contributed by atoms with Gasteiger partial charge in [-0.05, 0) is 51.3 Å². The molecule has 6 nitrogen and oxygen atoms in total. The molecule has 2 aliphatic heterocycles. The number of urea groups is 1. The molecule has 0 bridgehead atoms. The van der Waals surface area contributed by atoms with Crippen LogP contribution in [0.4, 0.5) is 4.79 Å². The minimum Gasteiger partial charge on any atom is -0.463 e. The molecular formula is C24H33N3O3.